The van der Waals surface area contributed by atoms with Gasteiger partial charge in [0.15, 0.2) is 0 Å². The molecule has 0 saturated carbocycles. The van der Waals surface area contributed by atoms with E-state index in [1.54, 1.807) is 26.0 Å². The maximum Gasteiger partial charge on any atom is 0.262 e. The molecule has 2 fully saturated rings. The van der Waals surface area contributed by atoms with Crippen molar-refractivity contribution in [3.8, 4) is 0 Å². The molecule has 9 nitrogen and oxygen atoms in total. The zero-order chi connectivity index (χ0) is 23.1. The lowest BCUT2D eigenvalue weighted by atomic mass is 10.2. The number of morpholine rings is 1. The smallest absolute Gasteiger partial charge is 0.262 e. The van der Waals surface area contributed by atoms with Crippen molar-refractivity contribution in [1.82, 2.24) is 0 Å². The third-order valence-electron chi connectivity index (χ3n) is 5.54. The second-order valence-electron chi connectivity index (χ2n) is 7.95. The summed E-state index contributed by atoms with van der Waals surface area (Å²) < 4.78 is 59.9. The van der Waals surface area contributed by atoms with Crippen LogP contribution >= 0.6 is 0 Å². The Kier molecular flexibility index (Phi) is 5.91. The summed E-state index contributed by atoms with van der Waals surface area (Å²) in [7, 11) is -7.73. The molecule has 1 amide bonds. The van der Waals surface area contributed by atoms with Crippen molar-refractivity contribution in [2.24, 2.45) is 5.92 Å². The van der Waals surface area contributed by atoms with Crippen LogP contribution in [0.3, 0.4) is 0 Å². The lowest BCUT2D eigenvalue weighted by molar-refractivity contribution is -0.119. The highest BCUT2D eigenvalue weighted by atomic mass is 32.2. The predicted octanol–water partition coefficient (Wildman–Crippen LogP) is 1.94. The zero-order valence-corrected chi connectivity index (χ0v) is 19.4. The Labute approximate surface area is 188 Å². The molecule has 4 rings (SSSR count). The first-order valence-electron chi connectivity index (χ1n) is 10.2. The Balaban J connectivity index is 1.64. The van der Waals surface area contributed by atoms with Crippen LogP contribution in [0.1, 0.15) is 12.5 Å². The molecular formula is C21H25N3O6S2. The van der Waals surface area contributed by atoms with Gasteiger partial charge in [-0.1, -0.05) is 19.1 Å². The molecule has 2 aliphatic rings. The van der Waals surface area contributed by atoms with Gasteiger partial charge in [0.1, 0.15) is 0 Å². The van der Waals surface area contributed by atoms with Crippen molar-refractivity contribution in [2.45, 2.75) is 18.7 Å². The van der Waals surface area contributed by atoms with E-state index in [1.807, 2.05) is 12.1 Å². The molecule has 0 aliphatic carbocycles. The topological polar surface area (TPSA) is 113 Å². The van der Waals surface area contributed by atoms with Crippen LogP contribution in [0.2, 0.25) is 0 Å². The highest BCUT2D eigenvalue weighted by molar-refractivity contribution is 7.94. The summed E-state index contributed by atoms with van der Waals surface area (Å²) in [6.45, 7) is 5.58. The number of benzene rings is 2. The minimum atomic E-state index is -3.96. The van der Waals surface area contributed by atoms with Crippen molar-refractivity contribution in [3.05, 3.63) is 48.0 Å². The molecule has 0 radical (unpaired) electrons. The number of carbonyl (C=O) groups excluding carboxylic acids is 1. The van der Waals surface area contributed by atoms with Gasteiger partial charge < -0.3 is 9.64 Å². The van der Waals surface area contributed by atoms with Gasteiger partial charge in [-0.15, -0.1) is 0 Å². The van der Waals surface area contributed by atoms with E-state index in [0.717, 1.165) is 9.99 Å². The SMILES string of the molecule is Cc1cc(N2C(=O)C(C)CS2(=O)=O)ccc1S(=O)(=O)Nc1ccccc1N1CCOCC1. The van der Waals surface area contributed by atoms with Crippen molar-refractivity contribution >= 4 is 43.0 Å². The number of rotatable bonds is 5. The van der Waals surface area contributed by atoms with Gasteiger partial charge in [-0.25, -0.2) is 21.1 Å². The lowest BCUT2D eigenvalue weighted by Crippen LogP contribution is -2.36. The highest BCUT2D eigenvalue weighted by Gasteiger charge is 2.42. The van der Waals surface area contributed by atoms with Crippen molar-refractivity contribution in [3.63, 3.8) is 0 Å². The van der Waals surface area contributed by atoms with Crippen LogP contribution in [0.15, 0.2) is 47.4 Å². The van der Waals surface area contributed by atoms with Crippen LogP contribution in [0.5, 0.6) is 0 Å². The fraction of sp³-hybridized carbons (Fsp3) is 0.381. The number of carbonyl (C=O) groups is 1. The largest absolute Gasteiger partial charge is 0.378 e. The number of hydrogen-bond donors (Lipinski definition) is 1. The van der Waals surface area contributed by atoms with Crippen molar-refractivity contribution in [1.29, 1.82) is 0 Å². The first kappa shape index (κ1) is 22.6. The quantitative estimate of drug-likeness (QED) is 0.697. The fourth-order valence-electron chi connectivity index (χ4n) is 3.99. The summed E-state index contributed by atoms with van der Waals surface area (Å²) in [5, 5.41) is 0. The maximum absolute atomic E-state index is 13.2. The van der Waals surface area contributed by atoms with Gasteiger partial charge in [-0.3, -0.25) is 9.52 Å². The minimum Gasteiger partial charge on any atom is -0.378 e. The normalized spacial score (nSPS) is 21.1. The van der Waals surface area contributed by atoms with Crippen molar-refractivity contribution in [2.75, 3.05) is 46.0 Å². The van der Waals surface area contributed by atoms with Crippen LogP contribution in [-0.2, 0) is 29.6 Å². The molecule has 32 heavy (non-hydrogen) atoms. The number of amides is 1. The van der Waals surface area contributed by atoms with Gasteiger partial charge in [0, 0.05) is 13.1 Å². The Morgan fingerprint density at radius 2 is 1.78 bits per heavy atom. The van der Waals surface area contributed by atoms with Gasteiger partial charge in [0.25, 0.3) is 10.0 Å². The van der Waals surface area contributed by atoms with Gasteiger partial charge in [-0.05, 0) is 42.8 Å². The van der Waals surface area contributed by atoms with Gasteiger partial charge in [-0.2, -0.15) is 0 Å². The van der Waals surface area contributed by atoms with E-state index in [0.29, 0.717) is 37.6 Å². The third kappa shape index (κ3) is 4.19. The van der Waals surface area contributed by atoms with E-state index in [2.05, 4.69) is 9.62 Å². The predicted molar refractivity (Wildman–Crippen MR) is 122 cm³/mol. The average Bonchev–Trinajstić information content (AvgIpc) is 2.95. The number of aryl methyl sites for hydroxylation is 1. The average molecular weight is 480 g/mol. The molecule has 0 spiro atoms. The summed E-state index contributed by atoms with van der Waals surface area (Å²) in [5.41, 5.74) is 1.69. The van der Waals surface area contributed by atoms with Crippen LogP contribution in [0, 0.1) is 12.8 Å². The van der Waals surface area contributed by atoms with Crippen LogP contribution in [0.4, 0.5) is 17.1 Å². The fourth-order valence-corrected chi connectivity index (χ4v) is 7.10. The zero-order valence-electron chi connectivity index (χ0n) is 17.8. The van der Waals surface area contributed by atoms with E-state index in [9.17, 15) is 21.6 Å². The van der Waals surface area contributed by atoms with Crippen LogP contribution in [0.25, 0.3) is 0 Å². The molecule has 2 saturated heterocycles. The van der Waals surface area contributed by atoms with Crippen LogP contribution in [-0.4, -0.2) is 54.8 Å². The molecule has 1 atom stereocenters. The van der Waals surface area contributed by atoms with Gasteiger partial charge >= 0.3 is 0 Å². The molecule has 2 aromatic rings. The minimum absolute atomic E-state index is 0.00937. The molecule has 11 heteroatoms. The summed E-state index contributed by atoms with van der Waals surface area (Å²) >= 11 is 0. The summed E-state index contributed by atoms with van der Waals surface area (Å²) in [4.78, 5) is 14.4. The summed E-state index contributed by atoms with van der Waals surface area (Å²) in [6.07, 6.45) is 0. The standard InChI is InChI=1S/C21H25N3O6S2/c1-15-13-17(24-21(25)16(2)14-31(24,26)27)7-8-20(15)32(28,29)22-18-5-3-4-6-19(18)23-9-11-30-12-10-23/h3-8,13,16,22H,9-12,14H2,1-2H3. The Hall–Kier alpha value is -2.63. The maximum atomic E-state index is 13.2. The number of sulfonamides is 2. The first-order valence-corrected chi connectivity index (χ1v) is 13.3. The number of nitrogens with one attached hydrogen (secondary N) is 1. The highest BCUT2D eigenvalue weighted by Crippen LogP contribution is 2.33. The molecule has 0 bridgehead atoms. The molecule has 1 unspecified atom stereocenters. The second-order valence-corrected chi connectivity index (χ2v) is 11.5. The molecule has 172 valence electrons. The van der Waals surface area contributed by atoms with E-state index < -0.39 is 31.9 Å². The Morgan fingerprint density at radius 3 is 2.41 bits per heavy atom. The lowest BCUT2D eigenvalue weighted by Gasteiger charge is -2.30. The van der Waals surface area contributed by atoms with Gasteiger partial charge in [0.2, 0.25) is 15.9 Å². The Bertz CT molecular complexity index is 1250. The second kappa shape index (κ2) is 8.38. The van der Waals surface area contributed by atoms with E-state index in [-0.39, 0.29) is 16.3 Å². The number of anilines is 3. The van der Waals surface area contributed by atoms with Gasteiger partial charge in [0.05, 0.1) is 46.8 Å². The molecule has 0 aromatic heterocycles. The van der Waals surface area contributed by atoms with E-state index >= 15 is 0 Å². The molecular weight excluding hydrogens is 454 g/mol. The number of hydrogen-bond acceptors (Lipinski definition) is 7. The molecule has 2 heterocycles. The third-order valence-corrected chi connectivity index (χ3v) is 8.94. The number of ether oxygens (including phenoxy) is 1. The van der Waals surface area contributed by atoms with E-state index in [4.69, 9.17) is 4.74 Å². The molecule has 1 N–H and O–H groups in total. The van der Waals surface area contributed by atoms with E-state index in [1.165, 1.54) is 18.2 Å². The summed E-state index contributed by atoms with van der Waals surface area (Å²) in [6, 6.07) is 11.2. The Morgan fingerprint density at radius 1 is 1.09 bits per heavy atom. The molecule has 2 aliphatic heterocycles. The first-order chi connectivity index (χ1) is 15.1. The number of para-hydroxylation sites is 2. The van der Waals surface area contributed by atoms with Crippen molar-refractivity contribution < 1.29 is 26.4 Å². The van der Waals surface area contributed by atoms with Crippen LogP contribution < -0.4 is 13.9 Å². The monoisotopic (exact) mass is 479 g/mol. The number of nitrogens with zero attached hydrogens (tertiary/aromatic N) is 2. The summed E-state index contributed by atoms with van der Waals surface area (Å²) in [5.74, 6) is -1.41. The molecule has 2 aromatic carbocycles.